The molecule has 1 aromatic carbocycles. The van der Waals surface area contributed by atoms with Crippen LogP contribution in [0.25, 0.3) is 0 Å². The molecular formula is C14H17F2NO4. The molecule has 0 unspecified atom stereocenters. The number of alkyl halides is 2. The van der Waals surface area contributed by atoms with Gasteiger partial charge in [-0.1, -0.05) is 0 Å². The predicted molar refractivity (Wildman–Crippen MR) is 71.5 cm³/mol. The molecule has 0 radical (unpaired) electrons. The number of nitrogens with zero attached hydrogens (tertiary/aromatic N) is 1. The minimum Gasteiger partial charge on any atom is -0.465 e. The summed E-state index contributed by atoms with van der Waals surface area (Å²) >= 11 is 0. The summed E-state index contributed by atoms with van der Waals surface area (Å²) in [6, 6.07) is 6.26. The first-order chi connectivity index (χ1) is 10.0. The Labute approximate surface area is 121 Å². The maximum absolute atomic E-state index is 12.1. The number of β-amino-alcohol motifs (C(OH)–C–C–N with tert-alkyl or cyclic N) is 1. The molecule has 0 saturated carbocycles. The number of hydrogen-bond acceptors (Lipinski definition) is 5. The molecule has 0 aromatic heterocycles. The lowest BCUT2D eigenvalue weighted by atomic mass is 10.1. The van der Waals surface area contributed by atoms with Crippen LogP contribution >= 0.6 is 0 Å². The molecule has 1 saturated heterocycles. The van der Waals surface area contributed by atoms with Crippen LogP contribution in [0.3, 0.4) is 0 Å². The summed E-state index contributed by atoms with van der Waals surface area (Å²) in [6.07, 6.45) is -0.220. The lowest BCUT2D eigenvalue weighted by Crippen LogP contribution is -2.33. The van der Waals surface area contributed by atoms with Crippen molar-refractivity contribution in [3.05, 3.63) is 29.8 Å². The molecule has 0 amide bonds. The van der Waals surface area contributed by atoms with Crippen LogP contribution in [0.5, 0.6) is 0 Å². The number of methoxy groups -OCH3 is 1. The Bertz CT molecular complexity index is 480. The molecular weight excluding hydrogens is 284 g/mol. The largest absolute Gasteiger partial charge is 0.465 e. The zero-order valence-corrected chi connectivity index (χ0v) is 11.5. The number of ether oxygens (including phenoxy) is 2. The molecule has 21 heavy (non-hydrogen) atoms. The van der Waals surface area contributed by atoms with Gasteiger partial charge in [0.25, 0.3) is 0 Å². The van der Waals surface area contributed by atoms with Crippen molar-refractivity contribution in [2.75, 3.05) is 25.2 Å². The number of hydrogen-bond donors (Lipinski definition) is 1. The summed E-state index contributed by atoms with van der Waals surface area (Å²) in [5.74, 6) is -0.444. The Kier molecular flexibility index (Phi) is 5.08. The quantitative estimate of drug-likeness (QED) is 0.838. The Hall–Kier alpha value is -1.73. The SMILES string of the molecule is COC(=O)c1ccc(N2C[C@@H](O)C[C@H]2COC(F)F)cc1. The van der Waals surface area contributed by atoms with E-state index >= 15 is 0 Å². The number of anilines is 1. The molecule has 116 valence electrons. The van der Waals surface area contributed by atoms with E-state index in [0.717, 1.165) is 5.69 Å². The topological polar surface area (TPSA) is 59.0 Å². The lowest BCUT2D eigenvalue weighted by Gasteiger charge is -2.26. The summed E-state index contributed by atoms with van der Waals surface area (Å²) in [7, 11) is 1.30. The van der Waals surface area contributed by atoms with Crippen LogP contribution in [-0.4, -0.2) is 50.1 Å². The van der Waals surface area contributed by atoms with Gasteiger partial charge in [0.15, 0.2) is 0 Å². The lowest BCUT2D eigenvalue weighted by molar-refractivity contribution is -0.132. The standard InChI is InChI=1S/C14H17F2NO4/c1-20-13(19)9-2-4-10(5-3-9)17-7-12(18)6-11(17)8-21-14(15)16/h2-5,11-12,14,18H,6-8H2,1H3/t11-,12-/m0/s1. The van der Waals surface area contributed by atoms with Crippen molar-refractivity contribution in [2.45, 2.75) is 25.2 Å². The van der Waals surface area contributed by atoms with Gasteiger partial charge in [-0.15, -0.1) is 0 Å². The molecule has 0 spiro atoms. The minimum atomic E-state index is -2.83. The third kappa shape index (κ3) is 3.89. The van der Waals surface area contributed by atoms with E-state index in [2.05, 4.69) is 9.47 Å². The van der Waals surface area contributed by atoms with Gasteiger partial charge in [-0.05, 0) is 30.7 Å². The van der Waals surface area contributed by atoms with E-state index in [1.165, 1.54) is 7.11 Å². The monoisotopic (exact) mass is 301 g/mol. The number of benzene rings is 1. The molecule has 1 heterocycles. The highest BCUT2D eigenvalue weighted by molar-refractivity contribution is 5.89. The van der Waals surface area contributed by atoms with Gasteiger partial charge in [-0.25, -0.2) is 4.79 Å². The molecule has 1 aliphatic heterocycles. The molecule has 1 aliphatic rings. The highest BCUT2D eigenvalue weighted by atomic mass is 19.3. The first kappa shape index (κ1) is 15.7. The fraction of sp³-hybridized carbons (Fsp3) is 0.500. The maximum Gasteiger partial charge on any atom is 0.345 e. The third-order valence-corrected chi connectivity index (χ3v) is 3.43. The van der Waals surface area contributed by atoms with Crippen molar-refractivity contribution >= 4 is 11.7 Å². The van der Waals surface area contributed by atoms with Crippen LogP contribution in [0.1, 0.15) is 16.8 Å². The van der Waals surface area contributed by atoms with Gasteiger partial charge in [0.2, 0.25) is 0 Å². The van der Waals surface area contributed by atoms with Crippen LogP contribution in [0, 0.1) is 0 Å². The zero-order chi connectivity index (χ0) is 15.4. The van der Waals surface area contributed by atoms with Gasteiger partial charge in [0.05, 0.1) is 31.4 Å². The molecule has 1 N–H and O–H groups in total. The Balaban J connectivity index is 2.09. The number of rotatable bonds is 5. The molecule has 5 nitrogen and oxygen atoms in total. The molecule has 1 aromatic rings. The van der Waals surface area contributed by atoms with Crippen LogP contribution < -0.4 is 4.90 Å². The van der Waals surface area contributed by atoms with E-state index in [4.69, 9.17) is 0 Å². The van der Waals surface area contributed by atoms with Crippen LogP contribution in [0.15, 0.2) is 24.3 Å². The third-order valence-electron chi connectivity index (χ3n) is 3.43. The van der Waals surface area contributed by atoms with E-state index in [-0.39, 0.29) is 12.6 Å². The number of aliphatic hydroxyl groups excluding tert-OH is 1. The van der Waals surface area contributed by atoms with Crippen molar-refractivity contribution in [3.8, 4) is 0 Å². The van der Waals surface area contributed by atoms with Crippen LogP contribution in [0.4, 0.5) is 14.5 Å². The second kappa shape index (κ2) is 6.82. The number of halogens is 2. The van der Waals surface area contributed by atoms with Crippen molar-refractivity contribution < 1.29 is 28.2 Å². The van der Waals surface area contributed by atoms with Gasteiger partial charge in [-0.2, -0.15) is 8.78 Å². The number of carbonyl (C=O) groups excluding carboxylic acids is 1. The van der Waals surface area contributed by atoms with Gasteiger partial charge < -0.3 is 19.5 Å². The summed E-state index contributed by atoms with van der Waals surface area (Å²) < 4.78 is 33.2. The molecule has 7 heteroatoms. The first-order valence-electron chi connectivity index (χ1n) is 6.54. The zero-order valence-electron chi connectivity index (χ0n) is 11.5. The fourth-order valence-corrected chi connectivity index (χ4v) is 2.46. The van der Waals surface area contributed by atoms with E-state index in [9.17, 15) is 18.7 Å². The summed E-state index contributed by atoms with van der Waals surface area (Å²) in [5, 5.41) is 9.72. The van der Waals surface area contributed by atoms with Crippen LogP contribution in [0.2, 0.25) is 0 Å². The van der Waals surface area contributed by atoms with Gasteiger partial charge in [0.1, 0.15) is 0 Å². The van der Waals surface area contributed by atoms with Crippen molar-refractivity contribution in [1.29, 1.82) is 0 Å². The predicted octanol–water partition coefficient (Wildman–Crippen LogP) is 1.65. The average molecular weight is 301 g/mol. The van der Waals surface area contributed by atoms with Gasteiger partial charge in [-0.3, -0.25) is 0 Å². The Morgan fingerprint density at radius 3 is 2.67 bits per heavy atom. The highest BCUT2D eigenvalue weighted by Crippen LogP contribution is 2.26. The number of esters is 1. The summed E-state index contributed by atoms with van der Waals surface area (Å²) in [4.78, 5) is 13.2. The summed E-state index contributed by atoms with van der Waals surface area (Å²) in [6.45, 7) is -2.64. The second-order valence-corrected chi connectivity index (χ2v) is 4.83. The molecule has 2 rings (SSSR count). The second-order valence-electron chi connectivity index (χ2n) is 4.83. The van der Waals surface area contributed by atoms with E-state index < -0.39 is 18.7 Å². The highest BCUT2D eigenvalue weighted by Gasteiger charge is 2.32. The van der Waals surface area contributed by atoms with Crippen molar-refractivity contribution in [2.24, 2.45) is 0 Å². The molecule has 0 aliphatic carbocycles. The number of carbonyl (C=O) groups is 1. The smallest absolute Gasteiger partial charge is 0.345 e. The molecule has 1 fully saturated rings. The van der Waals surface area contributed by atoms with E-state index in [0.29, 0.717) is 18.5 Å². The van der Waals surface area contributed by atoms with Crippen molar-refractivity contribution in [1.82, 2.24) is 0 Å². The van der Waals surface area contributed by atoms with Crippen LogP contribution in [-0.2, 0) is 9.47 Å². The first-order valence-corrected chi connectivity index (χ1v) is 6.54. The fourth-order valence-electron chi connectivity index (χ4n) is 2.46. The average Bonchev–Trinajstić information content (AvgIpc) is 2.85. The van der Waals surface area contributed by atoms with E-state index in [1.54, 1.807) is 29.2 Å². The molecule has 0 bridgehead atoms. The minimum absolute atomic E-state index is 0.159. The maximum atomic E-state index is 12.1. The Morgan fingerprint density at radius 1 is 1.43 bits per heavy atom. The van der Waals surface area contributed by atoms with Crippen molar-refractivity contribution in [3.63, 3.8) is 0 Å². The molecule has 2 atom stereocenters. The Morgan fingerprint density at radius 2 is 2.10 bits per heavy atom. The normalized spacial score (nSPS) is 21.9. The van der Waals surface area contributed by atoms with Gasteiger partial charge >= 0.3 is 12.6 Å². The summed E-state index contributed by atoms with van der Waals surface area (Å²) in [5.41, 5.74) is 1.14. The number of aliphatic hydroxyl groups is 1. The van der Waals surface area contributed by atoms with E-state index in [1.807, 2.05) is 0 Å². The van der Waals surface area contributed by atoms with Gasteiger partial charge in [0, 0.05) is 12.2 Å².